The van der Waals surface area contributed by atoms with Gasteiger partial charge in [-0.1, -0.05) is 12.1 Å². The number of hydrogen-bond acceptors (Lipinski definition) is 4. The number of rotatable bonds is 5. The second kappa shape index (κ2) is 6.57. The van der Waals surface area contributed by atoms with Gasteiger partial charge in [0.1, 0.15) is 5.75 Å². The van der Waals surface area contributed by atoms with E-state index < -0.39 is 0 Å². The Kier molecular flexibility index (Phi) is 4.55. The van der Waals surface area contributed by atoms with Gasteiger partial charge in [-0.2, -0.15) is 0 Å². The van der Waals surface area contributed by atoms with E-state index in [9.17, 15) is 0 Å². The van der Waals surface area contributed by atoms with Gasteiger partial charge in [0.2, 0.25) is 0 Å². The molecule has 4 heteroatoms. The molecule has 0 spiro atoms. The molecule has 0 aromatic heterocycles. The molecule has 1 aromatic carbocycles. The lowest BCUT2D eigenvalue weighted by Crippen LogP contribution is -2.48. The molecule has 0 atom stereocenters. The summed E-state index contributed by atoms with van der Waals surface area (Å²) in [5, 5.41) is 0. The molecule has 2 heterocycles. The van der Waals surface area contributed by atoms with Crippen molar-refractivity contribution >= 4 is 0 Å². The predicted molar refractivity (Wildman–Crippen MR) is 81.3 cm³/mol. The maximum atomic E-state index is 5.61. The minimum absolute atomic E-state index is 0.775. The van der Waals surface area contributed by atoms with Crippen molar-refractivity contribution in [3.63, 3.8) is 0 Å². The Morgan fingerprint density at radius 3 is 2.55 bits per heavy atom. The van der Waals surface area contributed by atoms with E-state index in [-0.39, 0.29) is 0 Å². The predicted octanol–water partition coefficient (Wildman–Crippen LogP) is 0.740. The van der Waals surface area contributed by atoms with Crippen LogP contribution in [-0.4, -0.2) is 62.2 Å². The summed E-state index contributed by atoms with van der Waals surface area (Å²) in [5.41, 5.74) is 8.44. The normalized spacial score (nSPS) is 19.9. The lowest BCUT2D eigenvalue weighted by atomic mass is 10.1. The molecule has 0 amide bonds. The minimum atomic E-state index is 0.775. The molecule has 20 heavy (non-hydrogen) atoms. The molecule has 110 valence electrons. The van der Waals surface area contributed by atoms with Crippen LogP contribution in [0.2, 0.25) is 0 Å². The first-order valence-electron chi connectivity index (χ1n) is 7.74. The van der Waals surface area contributed by atoms with Crippen LogP contribution >= 0.6 is 0 Å². The summed E-state index contributed by atoms with van der Waals surface area (Å²) in [5.74, 6) is 1.09. The molecule has 2 aliphatic heterocycles. The van der Waals surface area contributed by atoms with E-state index in [1.165, 1.54) is 24.2 Å². The van der Waals surface area contributed by atoms with Crippen molar-refractivity contribution in [2.24, 2.45) is 5.73 Å². The van der Waals surface area contributed by atoms with Crippen LogP contribution in [0.5, 0.6) is 5.75 Å². The molecule has 1 fully saturated rings. The smallest absolute Gasteiger partial charge is 0.122 e. The van der Waals surface area contributed by atoms with E-state index in [0.29, 0.717) is 0 Å². The second-order valence-corrected chi connectivity index (χ2v) is 5.76. The van der Waals surface area contributed by atoms with Crippen LogP contribution in [0.4, 0.5) is 0 Å². The molecule has 1 aromatic rings. The molecule has 0 bridgehead atoms. The summed E-state index contributed by atoms with van der Waals surface area (Å²) in [4.78, 5) is 5.03. The molecule has 3 rings (SSSR count). The van der Waals surface area contributed by atoms with Crippen molar-refractivity contribution in [1.82, 2.24) is 9.80 Å². The van der Waals surface area contributed by atoms with Gasteiger partial charge in [-0.3, -0.25) is 4.90 Å². The van der Waals surface area contributed by atoms with Crippen LogP contribution in [0.1, 0.15) is 11.1 Å². The molecule has 2 N–H and O–H groups in total. The molecule has 4 nitrogen and oxygen atoms in total. The third-order valence-corrected chi connectivity index (χ3v) is 4.38. The van der Waals surface area contributed by atoms with E-state index in [2.05, 4.69) is 28.0 Å². The number of fused-ring (bicyclic) bond motifs is 1. The Hall–Kier alpha value is -1.10. The van der Waals surface area contributed by atoms with Gasteiger partial charge in [0, 0.05) is 52.2 Å². The zero-order chi connectivity index (χ0) is 13.8. The fourth-order valence-corrected chi connectivity index (χ4v) is 3.10. The number of piperazine rings is 1. The number of benzene rings is 1. The second-order valence-electron chi connectivity index (χ2n) is 5.76. The van der Waals surface area contributed by atoms with E-state index in [0.717, 1.165) is 57.9 Å². The zero-order valence-electron chi connectivity index (χ0n) is 12.2. The van der Waals surface area contributed by atoms with Crippen LogP contribution < -0.4 is 10.5 Å². The van der Waals surface area contributed by atoms with E-state index in [4.69, 9.17) is 10.5 Å². The van der Waals surface area contributed by atoms with Crippen molar-refractivity contribution in [3.8, 4) is 5.75 Å². The molecular formula is C16H25N3O. The van der Waals surface area contributed by atoms with Crippen LogP contribution in [0, 0.1) is 0 Å². The van der Waals surface area contributed by atoms with E-state index in [1.807, 2.05) is 0 Å². The first-order chi connectivity index (χ1) is 9.85. The van der Waals surface area contributed by atoms with Gasteiger partial charge in [0.15, 0.2) is 0 Å². The number of nitrogens with two attached hydrogens (primary N) is 1. The fraction of sp³-hybridized carbons (Fsp3) is 0.625. The maximum absolute atomic E-state index is 5.61. The van der Waals surface area contributed by atoms with Gasteiger partial charge in [-0.05, 0) is 23.6 Å². The number of nitrogens with zero attached hydrogens (tertiary/aromatic N) is 2. The van der Waals surface area contributed by atoms with Crippen molar-refractivity contribution in [2.45, 2.75) is 12.8 Å². The Bertz CT molecular complexity index is 441. The highest BCUT2D eigenvalue weighted by Gasteiger charge is 2.16. The molecular weight excluding hydrogens is 250 g/mol. The van der Waals surface area contributed by atoms with E-state index >= 15 is 0 Å². The lowest BCUT2D eigenvalue weighted by Gasteiger charge is -2.34. The van der Waals surface area contributed by atoms with Gasteiger partial charge in [-0.15, -0.1) is 0 Å². The summed E-state index contributed by atoms with van der Waals surface area (Å²) in [6.07, 6.45) is 2.21. The van der Waals surface area contributed by atoms with Crippen LogP contribution in [0.15, 0.2) is 18.2 Å². The highest BCUT2D eigenvalue weighted by atomic mass is 16.5. The van der Waals surface area contributed by atoms with Gasteiger partial charge in [0.25, 0.3) is 0 Å². The quantitative estimate of drug-likeness (QED) is 0.861. The van der Waals surface area contributed by atoms with E-state index in [1.54, 1.807) is 0 Å². The summed E-state index contributed by atoms with van der Waals surface area (Å²) >= 11 is 0. The SMILES string of the molecule is NCCN1CCN(CCc2ccc3c(c2)CCO3)CC1. The van der Waals surface area contributed by atoms with Crippen molar-refractivity contribution in [2.75, 3.05) is 52.4 Å². The average molecular weight is 275 g/mol. The van der Waals surface area contributed by atoms with Gasteiger partial charge < -0.3 is 15.4 Å². The summed E-state index contributed by atoms with van der Waals surface area (Å²) < 4.78 is 5.56. The molecule has 0 radical (unpaired) electrons. The summed E-state index contributed by atoms with van der Waals surface area (Å²) in [6.45, 7) is 8.50. The molecule has 1 saturated heterocycles. The Labute approximate surface area is 121 Å². The Morgan fingerprint density at radius 1 is 1.05 bits per heavy atom. The minimum Gasteiger partial charge on any atom is -0.493 e. The lowest BCUT2D eigenvalue weighted by molar-refractivity contribution is 0.136. The van der Waals surface area contributed by atoms with Crippen LogP contribution in [0.3, 0.4) is 0 Å². The number of ether oxygens (including phenoxy) is 1. The summed E-state index contributed by atoms with van der Waals surface area (Å²) in [6, 6.07) is 6.68. The first-order valence-corrected chi connectivity index (χ1v) is 7.74. The molecule has 0 unspecified atom stereocenters. The first kappa shape index (κ1) is 13.9. The fourth-order valence-electron chi connectivity index (χ4n) is 3.10. The van der Waals surface area contributed by atoms with Gasteiger partial charge in [0.05, 0.1) is 6.61 Å². The Balaban J connectivity index is 1.46. The standard InChI is InChI=1S/C16H25N3O/c17-5-7-19-10-8-18(9-11-19)6-3-14-1-2-16-15(13-14)4-12-20-16/h1-2,13H,3-12,17H2. The monoisotopic (exact) mass is 275 g/mol. The Morgan fingerprint density at radius 2 is 1.80 bits per heavy atom. The summed E-state index contributed by atoms with van der Waals surface area (Å²) in [7, 11) is 0. The largest absolute Gasteiger partial charge is 0.493 e. The van der Waals surface area contributed by atoms with Gasteiger partial charge >= 0.3 is 0 Å². The average Bonchev–Trinajstić information content (AvgIpc) is 2.94. The molecule has 0 saturated carbocycles. The maximum Gasteiger partial charge on any atom is 0.122 e. The topological polar surface area (TPSA) is 41.7 Å². The third-order valence-electron chi connectivity index (χ3n) is 4.38. The van der Waals surface area contributed by atoms with Crippen LogP contribution in [0.25, 0.3) is 0 Å². The van der Waals surface area contributed by atoms with Crippen molar-refractivity contribution in [3.05, 3.63) is 29.3 Å². The zero-order valence-corrected chi connectivity index (χ0v) is 12.2. The number of hydrogen-bond donors (Lipinski definition) is 1. The van der Waals surface area contributed by atoms with Crippen molar-refractivity contribution < 1.29 is 4.74 Å². The highest BCUT2D eigenvalue weighted by molar-refractivity contribution is 5.39. The van der Waals surface area contributed by atoms with Crippen molar-refractivity contribution in [1.29, 1.82) is 0 Å². The highest BCUT2D eigenvalue weighted by Crippen LogP contribution is 2.26. The molecule has 2 aliphatic rings. The van der Waals surface area contributed by atoms with Crippen LogP contribution in [-0.2, 0) is 12.8 Å². The molecule has 0 aliphatic carbocycles. The third kappa shape index (κ3) is 3.32. The van der Waals surface area contributed by atoms with Gasteiger partial charge in [-0.25, -0.2) is 0 Å².